The Bertz CT molecular complexity index is 1040. The Balaban J connectivity index is 1.09. The van der Waals surface area contributed by atoms with E-state index in [1.165, 1.54) is 11.1 Å². The van der Waals surface area contributed by atoms with Gasteiger partial charge in [0.05, 0.1) is 5.92 Å². The zero-order chi connectivity index (χ0) is 22.9. The second-order valence-corrected chi connectivity index (χ2v) is 9.30. The number of ether oxygens (including phenoxy) is 1. The molecule has 33 heavy (non-hydrogen) atoms. The van der Waals surface area contributed by atoms with Crippen LogP contribution in [0.4, 0.5) is 4.79 Å². The van der Waals surface area contributed by atoms with E-state index in [4.69, 9.17) is 4.74 Å². The quantitative estimate of drug-likeness (QED) is 0.601. The van der Waals surface area contributed by atoms with Crippen LogP contribution in [0.2, 0.25) is 0 Å². The maximum absolute atomic E-state index is 12.5. The monoisotopic (exact) mass is 448 g/mol. The topological polar surface area (TPSA) is 105 Å². The van der Waals surface area contributed by atoms with Crippen molar-refractivity contribution in [2.24, 2.45) is 17.8 Å². The predicted octanol–water partition coefficient (Wildman–Crippen LogP) is 3.53. The molecule has 4 atom stereocenters. The van der Waals surface area contributed by atoms with E-state index in [0.717, 1.165) is 17.5 Å². The number of benzene rings is 2. The first kappa shape index (κ1) is 21.5. The molecule has 2 fully saturated rings. The van der Waals surface area contributed by atoms with Crippen LogP contribution in [0.1, 0.15) is 42.7 Å². The molecule has 2 aromatic carbocycles. The molecule has 3 aliphatic carbocycles. The predicted molar refractivity (Wildman–Crippen MR) is 122 cm³/mol. The van der Waals surface area contributed by atoms with Crippen molar-refractivity contribution in [1.82, 2.24) is 10.6 Å². The Morgan fingerprint density at radius 3 is 2.27 bits per heavy atom. The highest BCUT2D eigenvalue weighted by Crippen LogP contribution is 2.44. The molecule has 0 saturated heterocycles. The van der Waals surface area contributed by atoms with E-state index in [9.17, 15) is 19.5 Å². The second kappa shape index (κ2) is 8.89. The van der Waals surface area contributed by atoms with Crippen LogP contribution in [0.3, 0.4) is 0 Å². The summed E-state index contributed by atoms with van der Waals surface area (Å²) in [5, 5.41) is 15.0. The second-order valence-electron chi connectivity index (χ2n) is 9.30. The van der Waals surface area contributed by atoms with Crippen LogP contribution < -0.4 is 10.6 Å². The number of carbonyl (C=O) groups excluding carboxylic acids is 2. The minimum absolute atomic E-state index is 0.0104. The first-order chi connectivity index (χ1) is 16.0. The Labute approximate surface area is 192 Å². The van der Waals surface area contributed by atoms with E-state index in [-0.39, 0.29) is 36.3 Å². The number of aliphatic carboxylic acids is 1. The van der Waals surface area contributed by atoms with Gasteiger partial charge < -0.3 is 20.5 Å². The van der Waals surface area contributed by atoms with Gasteiger partial charge in [0, 0.05) is 24.4 Å². The molecular formula is C26H28N2O5. The standard InChI is InChI=1S/C26H28N2O5/c29-24(28-23-11-5-10-20(23)25(30)31)21-12-15(21)13-27-26(32)33-14-22-18-8-3-1-6-16(18)17-7-2-4-9-19(17)22/h1-4,6-9,15,20-23H,5,10-14H2,(H,27,32)(H,28,29)(H,30,31)/t15?,20-,21?,23+/m0/s1. The van der Waals surface area contributed by atoms with Crippen LogP contribution in [0.5, 0.6) is 0 Å². The van der Waals surface area contributed by atoms with Crippen LogP contribution in [0, 0.1) is 17.8 Å². The fraction of sp³-hybridized carbons (Fsp3) is 0.423. The van der Waals surface area contributed by atoms with Gasteiger partial charge in [-0.3, -0.25) is 9.59 Å². The number of carbonyl (C=O) groups is 3. The molecule has 0 spiro atoms. The number of carboxylic acid groups (broad SMARTS) is 1. The van der Waals surface area contributed by atoms with Crippen molar-refractivity contribution < 1.29 is 24.2 Å². The van der Waals surface area contributed by atoms with Gasteiger partial charge in [0.1, 0.15) is 6.61 Å². The molecule has 7 heteroatoms. The summed E-state index contributed by atoms with van der Waals surface area (Å²) >= 11 is 0. The first-order valence-corrected chi connectivity index (χ1v) is 11.6. The average molecular weight is 449 g/mol. The fourth-order valence-electron chi connectivity index (χ4n) is 5.38. The van der Waals surface area contributed by atoms with Gasteiger partial charge in [0.2, 0.25) is 5.91 Å². The Kier molecular flexibility index (Phi) is 5.79. The molecule has 0 aliphatic heterocycles. The zero-order valence-corrected chi connectivity index (χ0v) is 18.3. The van der Waals surface area contributed by atoms with Crippen LogP contribution >= 0.6 is 0 Å². The molecule has 0 bridgehead atoms. The van der Waals surface area contributed by atoms with Crippen molar-refractivity contribution in [1.29, 1.82) is 0 Å². The highest BCUT2D eigenvalue weighted by Gasteiger charge is 2.45. The molecule has 3 N–H and O–H groups in total. The normalized spacial score (nSPS) is 25.1. The minimum Gasteiger partial charge on any atom is -0.481 e. The SMILES string of the molecule is O=C(NCC1CC1C(=O)N[C@@H]1CCC[C@@H]1C(=O)O)OCC1c2ccccc2-c2ccccc21. The molecule has 3 aliphatic rings. The Morgan fingerprint density at radius 2 is 1.61 bits per heavy atom. The van der Waals surface area contributed by atoms with Gasteiger partial charge in [-0.1, -0.05) is 55.0 Å². The summed E-state index contributed by atoms with van der Waals surface area (Å²) in [5.41, 5.74) is 4.69. The lowest BCUT2D eigenvalue weighted by Crippen LogP contribution is -2.41. The maximum atomic E-state index is 12.5. The highest BCUT2D eigenvalue weighted by atomic mass is 16.5. The number of hydrogen-bond acceptors (Lipinski definition) is 4. The smallest absolute Gasteiger partial charge is 0.407 e. The lowest BCUT2D eigenvalue weighted by Gasteiger charge is -2.17. The summed E-state index contributed by atoms with van der Waals surface area (Å²) in [5.74, 6) is -1.54. The van der Waals surface area contributed by atoms with Crippen molar-refractivity contribution in [2.45, 2.75) is 37.6 Å². The van der Waals surface area contributed by atoms with Crippen molar-refractivity contribution in [2.75, 3.05) is 13.2 Å². The van der Waals surface area contributed by atoms with Crippen LogP contribution in [-0.4, -0.2) is 42.3 Å². The number of alkyl carbamates (subject to hydrolysis) is 1. The molecule has 0 heterocycles. The van der Waals surface area contributed by atoms with E-state index < -0.39 is 18.0 Å². The number of fused-ring (bicyclic) bond motifs is 3. The zero-order valence-electron chi connectivity index (χ0n) is 18.3. The lowest BCUT2D eigenvalue weighted by atomic mass is 9.98. The van der Waals surface area contributed by atoms with E-state index in [0.29, 0.717) is 25.8 Å². The molecule has 2 saturated carbocycles. The van der Waals surface area contributed by atoms with E-state index in [2.05, 4.69) is 34.9 Å². The van der Waals surface area contributed by atoms with Crippen molar-refractivity contribution in [3.05, 3.63) is 59.7 Å². The summed E-state index contributed by atoms with van der Waals surface area (Å²) in [6.07, 6.45) is 2.35. The summed E-state index contributed by atoms with van der Waals surface area (Å²) in [6, 6.07) is 16.1. The largest absolute Gasteiger partial charge is 0.481 e. The van der Waals surface area contributed by atoms with Crippen LogP contribution in [0.25, 0.3) is 11.1 Å². The third-order valence-corrected chi connectivity index (χ3v) is 7.27. The van der Waals surface area contributed by atoms with Gasteiger partial charge in [0.25, 0.3) is 0 Å². The van der Waals surface area contributed by atoms with Crippen molar-refractivity contribution >= 4 is 18.0 Å². The number of nitrogens with one attached hydrogen (secondary N) is 2. The number of hydrogen-bond donors (Lipinski definition) is 3. The molecule has 2 aromatic rings. The molecule has 2 unspecified atom stereocenters. The summed E-state index contributed by atoms with van der Waals surface area (Å²) in [6.45, 7) is 0.633. The molecule has 0 radical (unpaired) electrons. The summed E-state index contributed by atoms with van der Waals surface area (Å²) in [7, 11) is 0. The average Bonchev–Trinajstić information content (AvgIpc) is 3.33. The van der Waals surface area contributed by atoms with Crippen molar-refractivity contribution in [3.8, 4) is 11.1 Å². The summed E-state index contributed by atoms with van der Waals surface area (Å²) < 4.78 is 5.55. The van der Waals surface area contributed by atoms with Gasteiger partial charge in [-0.15, -0.1) is 0 Å². The van der Waals surface area contributed by atoms with Gasteiger partial charge >= 0.3 is 12.1 Å². The molecule has 172 valence electrons. The van der Waals surface area contributed by atoms with Gasteiger partial charge in [-0.05, 0) is 47.4 Å². The van der Waals surface area contributed by atoms with Crippen LogP contribution in [-0.2, 0) is 14.3 Å². The third kappa shape index (κ3) is 4.32. The number of carboxylic acids is 1. The summed E-state index contributed by atoms with van der Waals surface area (Å²) in [4.78, 5) is 36.1. The highest BCUT2D eigenvalue weighted by molar-refractivity contribution is 5.83. The molecular weight excluding hydrogens is 420 g/mol. The Morgan fingerprint density at radius 1 is 0.939 bits per heavy atom. The van der Waals surface area contributed by atoms with Crippen LogP contribution in [0.15, 0.2) is 48.5 Å². The molecule has 0 aromatic heterocycles. The molecule has 7 nitrogen and oxygen atoms in total. The minimum atomic E-state index is -0.845. The third-order valence-electron chi connectivity index (χ3n) is 7.27. The van der Waals surface area contributed by atoms with Gasteiger partial charge in [0.15, 0.2) is 0 Å². The Hall–Kier alpha value is -3.35. The van der Waals surface area contributed by atoms with E-state index in [1.54, 1.807) is 0 Å². The van der Waals surface area contributed by atoms with Crippen molar-refractivity contribution in [3.63, 3.8) is 0 Å². The molecule has 5 rings (SSSR count). The lowest BCUT2D eigenvalue weighted by molar-refractivity contribution is -0.142. The van der Waals surface area contributed by atoms with E-state index in [1.807, 2.05) is 24.3 Å². The maximum Gasteiger partial charge on any atom is 0.407 e. The molecule has 2 amide bonds. The number of rotatable bonds is 7. The van der Waals surface area contributed by atoms with Gasteiger partial charge in [-0.2, -0.15) is 0 Å². The number of amides is 2. The fourth-order valence-corrected chi connectivity index (χ4v) is 5.38. The van der Waals surface area contributed by atoms with E-state index >= 15 is 0 Å². The van der Waals surface area contributed by atoms with Gasteiger partial charge in [-0.25, -0.2) is 4.79 Å². The first-order valence-electron chi connectivity index (χ1n) is 11.6.